The molecule has 1 N–H and O–H groups in total. The standard InChI is InChI=1S/C22H25N3O2/c1-15-10-16(2)25(24-15)20-8-4-6-17(11-20)13-23-19-12-18-7-5-9-21(26-3)22(18)27-14-19/h4-11,19,23H,12-14H2,1-3H3/t19-/m1/s1. The number of fused-ring (bicyclic) bond motifs is 1. The SMILES string of the molecule is COc1cccc2c1OC[C@H](NCc1cccc(-n3nc(C)cc3C)c1)C2. The monoisotopic (exact) mass is 363 g/mol. The number of aryl methyl sites for hydroxylation is 2. The summed E-state index contributed by atoms with van der Waals surface area (Å²) >= 11 is 0. The van der Waals surface area contributed by atoms with Gasteiger partial charge in [-0.05, 0) is 55.7 Å². The Bertz CT molecular complexity index is 948. The van der Waals surface area contributed by atoms with E-state index >= 15 is 0 Å². The Morgan fingerprint density at radius 2 is 2.04 bits per heavy atom. The number of hydrogen-bond acceptors (Lipinski definition) is 4. The molecule has 27 heavy (non-hydrogen) atoms. The van der Waals surface area contributed by atoms with Crippen LogP contribution in [0.5, 0.6) is 11.5 Å². The minimum Gasteiger partial charge on any atom is -0.493 e. The van der Waals surface area contributed by atoms with Gasteiger partial charge in [0.2, 0.25) is 0 Å². The number of aromatic nitrogens is 2. The maximum atomic E-state index is 5.96. The van der Waals surface area contributed by atoms with Crippen LogP contribution in [0.4, 0.5) is 0 Å². The van der Waals surface area contributed by atoms with E-state index in [2.05, 4.69) is 53.7 Å². The summed E-state index contributed by atoms with van der Waals surface area (Å²) in [5, 5.41) is 8.20. The Hall–Kier alpha value is -2.79. The van der Waals surface area contributed by atoms with E-state index in [1.54, 1.807) is 7.11 Å². The van der Waals surface area contributed by atoms with Crippen LogP contribution in [-0.4, -0.2) is 29.5 Å². The molecular formula is C22H25N3O2. The van der Waals surface area contributed by atoms with E-state index in [0.717, 1.165) is 41.5 Å². The average molecular weight is 363 g/mol. The van der Waals surface area contributed by atoms with Crippen LogP contribution in [0.2, 0.25) is 0 Å². The zero-order valence-electron chi connectivity index (χ0n) is 16.0. The Morgan fingerprint density at radius 3 is 2.81 bits per heavy atom. The van der Waals surface area contributed by atoms with Gasteiger partial charge >= 0.3 is 0 Å². The van der Waals surface area contributed by atoms with Crippen LogP contribution in [0.15, 0.2) is 48.5 Å². The summed E-state index contributed by atoms with van der Waals surface area (Å²) in [6, 6.07) is 16.9. The largest absolute Gasteiger partial charge is 0.493 e. The second-order valence-electron chi connectivity index (χ2n) is 7.05. The van der Waals surface area contributed by atoms with E-state index in [1.165, 1.54) is 11.1 Å². The van der Waals surface area contributed by atoms with Crippen molar-refractivity contribution < 1.29 is 9.47 Å². The van der Waals surface area contributed by atoms with Crippen molar-refractivity contribution in [3.05, 3.63) is 71.0 Å². The molecule has 0 fully saturated rings. The lowest BCUT2D eigenvalue weighted by Crippen LogP contribution is -2.38. The molecule has 4 rings (SSSR count). The molecule has 2 heterocycles. The van der Waals surface area contributed by atoms with Gasteiger partial charge in [-0.15, -0.1) is 0 Å². The topological polar surface area (TPSA) is 48.3 Å². The van der Waals surface area contributed by atoms with Gasteiger partial charge in [-0.2, -0.15) is 5.10 Å². The van der Waals surface area contributed by atoms with Crippen molar-refractivity contribution >= 4 is 0 Å². The highest BCUT2D eigenvalue weighted by Crippen LogP contribution is 2.34. The van der Waals surface area contributed by atoms with Crippen LogP contribution in [0, 0.1) is 13.8 Å². The third-order valence-corrected chi connectivity index (χ3v) is 4.94. The molecule has 0 amide bonds. The molecule has 0 saturated heterocycles. The predicted octanol–water partition coefficient (Wildman–Crippen LogP) is 3.59. The van der Waals surface area contributed by atoms with Gasteiger partial charge in [0.1, 0.15) is 6.61 Å². The fourth-order valence-electron chi connectivity index (χ4n) is 3.64. The normalized spacial score (nSPS) is 15.9. The first kappa shape index (κ1) is 17.6. The molecule has 1 aliphatic rings. The minimum absolute atomic E-state index is 0.280. The molecule has 0 radical (unpaired) electrons. The first-order valence-corrected chi connectivity index (χ1v) is 9.28. The zero-order valence-corrected chi connectivity index (χ0v) is 16.0. The Balaban J connectivity index is 1.44. The Labute approximate surface area is 159 Å². The van der Waals surface area contributed by atoms with Crippen molar-refractivity contribution in [2.24, 2.45) is 0 Å². The smallest absolute Gasteiger partial charge is 0.164 e. The number of methoxy groups -OCH3 is 1. The molecule has 3 aromatic rings. The molecule has 1 atom stereocenters. The molecule has 0 spiro atoms. The number of rotatable bonds is 5. The molecule has 140 valence electrons. The van der Waals surface area contributed by atoms with E-state index in [4.69, 9.17) is 9.47 Å². The number of benzene rings is 2. The lowest BCUT2D eigenvalue weighted by molar-refractivity contribution is 0.226. The summed E-state index contributed by atoms with van der Waals surface area (Å²) in [6.45, 7) is 5.53. The Kier molecular flexibility index (Phi) is 4.86. The fourth-order valence-corrected chi connectivity index (χ4v) is 3.64. The van der Waals surface area contributed by atoms with Crippen molar-refractivity contribution in [3.8, 4) is 17.2 Å². The highest BCUT2D eigenvalue weighted by atomic mass is 16.5. The van der Waals surface area contributed by atoms with Crippen LogP contribution in [-0.2, 0) is 13.0 Å². The first-order chi connectivity index (χ1) is 13.1. The fraction of sp³-hybridized carbons (Fsp3) is 0.318. The predicted molar refractivity (Wildman–Crippen MR) is 106 cm³/mol. The molecule has 5 heteroatoms. The van der Waals surface area contributed by atoms with Crippen molar-refractivity contribution in [3.63, 3.8) is 0 Å². The van der Waals surface area contributed by atoms with Gasteiger partial charge < -0.3 is 14.8 Å². The third-order valence-electron chi connectivity index (χ3n) is 4.94. The summed E-state index contributed by atoms with van der Waals surface area (Å²) in [5.41, 5.74) is 5.69. The number of hydrogen-bond donors (Lipinski definition) is 1. The summed E-state index contributed by atoms with van der Waals surface area (Å²) in [7, 11) is 1.68. The van der Waals surface area contributed by atoms with Gasteiger partial charge in [0, 0.05) is 18.3 Å². The van der Waals surface area contributed by atoms with E-state index in [0.29, 0.717) is 6.61 Å². The number of para-hydroxylation sites is 1. The van der Waals surface area contributed by atoms with Crippen molar-refractivity contribution in [2.75, 3.05) is 13.7 Å². The third kappa shape index (κ3) is 3.69. The van der Waals surface area contributed by atoms with Crippen molar-refractivity contribution in [1.82, 2.24) is 15.1 Å². The number of ether oxygens (including phenoxy) is 2. The highest BCUT2D eigenvalue weighted by molar-refractivity contribution is 5.48. The molecule has 1 aliphatic heterocycles. The number of nitrogens with zero attached hydrogens (tertiary/aromatic N) is 2. The van der Waals surface area contributed by atoms with Gasteiger partial charge in [-0.3, -0.25) is 0 Å². The van der Waals surface area contributed by atoms with Crippen LogP contribution in [0.3, 0.4) is 0 Å². The van der Waals surface area contributed by atoms with Crippen LogP contribution >= 0.6 is 0 Å². The number of nitrogens with one attached hydrogen (secondary N) is 1. The lowest BCUT2D eigenvalue weighted by Gasteiger charge is -2.27. The van der Waals surface area contributed by atoms with Crippen LogP contribution < -0.4 is 14.8 Å². The summed E-state index contributed by atoms with van der Waals surface area (Å²) in [5.74, 6) is 1.69. The summed E-state index contributed by atoms with van der Waals surface area (Å²) < 4.78 is 13.3. The molecule has 0 unspecified atom stereocenters. The van der Waals surface area contributed by atoms with Crippen LogP contribution in [0.1, 0.15) is 22.5 Å². The molecule has 1 aromatic heterocycles. The molecule has 0 aliphatic carbocycles. The Morgan fingerprint density at radius 1 is 1.19 bits per heavy atom. The summed E-state index contributed by atoms with van der Waals surface area (Å²) in [6.07, 6.45) is 0.934. The van der Waals surface area contributed by atoms with Gasteiger partial charge in [0.05, 0.1) is 18.5 Å². The lowest BCUT2D eigenvalue weighted by atomic mass is 10.0. The highest BCUT2D eigenvalue weighted by Gasteiger charge is 2.22. The van der Waals surface area contributed by atoms with E-state index in [1.807, 2.05) is 23.7 Å². The summed E-state index contributed by atoms with van der Waals surface area (Å²) in [4.78, 5) is 0. The van der Waals surface area contributed by atoms with Gasteiger partial charge in [0.15, 0.2) is 11.5 Å². The van der Waals surface area contributed by atoms with Crippen molar-refractivity contribution in [2.45, 2.75) is 32.9 Å². The first-order valence-electron chi connectivity index (χ1n) is 9.28. The molecule has 2 aromatic carbocycles. The maximum absolute atomic E-state index is 5.96. The molecule has 0 saturated carbocycles. The second kappa shape index (κ2) is 7.45. The van der Waals surface area contributed by atoms with E-state index in [9.17, 15) is 0 Å². The quantitative estimate of drug-likeness (QED) is 0.753. The van der Waals surface area contributed by atoms with Crippen LogP contribution in [0.25, 0.3) is 5.69 Å². The molecule has 0 bridgehead atoms. The van der Waals surface area contributed by atoms with Gasteiger partial charge in [-0.25, -0.2) is 4.68 Å². The van der Waals surface area contributed by atoms with E-state index in [-0.39, 0.29) is 6.04 Å². The second-order valence-corrected chi connectivity index (χ2v) is 7.05. The average Bonchev–Trinajstić information content (AvgIpc) is 3.04. The molecule has 5 nitrogen and oxygen atoms in total. The van der Waals surface area contributed by atoms with E-state index < -0.39 is 0 Å². The van der Waals surface area contributed by atoms with Crippen molar-refractivity contribution in [1.29, 1.82) is 0 Å². The minimum atomic E-state index is 0.280. The zero-order chi connectivity index (χ0) is 18.8. The maximum Gasteiger partial charge on any atom is 0.164 e. The van der Waals surface area contributed by atoms with Gasteiger partial charge in [0.25, 0.3) is 0 Å². The van der Waals surface area contributed by atoms with Gasteiger partial charge in [-0.1, -0.05) is 24.3 Å². The molecular weight excluding hydrogens is 338 g/mol.